The maximum atomic E-state index is 12.3. The molecule has 0 saturated carbocycles. The first kappa shape index (κ1) is 17.0. The smallest absolute Gasteiger partial charge is 0.329 e. The molecule has 0 fully saturated rings. The molecule has 120 valence electrons. The minimum atomic E-state index is -0.725. The number of halogens is 1. The molecule has 0 aliphatic rings. The van der Waals surface area contributed by atoms with E-state index in [1.165, 1.54) is 6.92 Å². The van der Waals surface area contributed by atoms with Crippen LogP contribution in [0.3, 0.4) is 0 Å². The van der Waals surface area contributed by atoms with Crippen LogP contribution in [-0.2, 0) is 27.4 Å². The van der Waals surface area contributed by atoms with Crippen molar-refractivity contribution in [3.05, 3.63) is 70.7 Å². The van der Waals surface area contributed by atoms with Crippen LogP contribution in [0.5, 0.6) is 0 Å². The number of ether oxygens (including phenoxy) is 1. The first-order chi connectivity index (χ1) is 11.0. The van der Waals surface area contributed by atoms with E-state index in [0.29, 0.717) is 11.4 Å². The highest BCUT2D eigenvalue weighted by Gasteiger charge is 2.21. The predicted molar refractivity (Wildman–Crippen MR) is 89.0 cm³/mol. The zero-order valence-corrected chi connectivity index (χ0v) is 13.5. The van der Waals surface area contributed by atoms with Gasteiger partial charge in [0.2, 0.25) is 5.91 Å². The van der Waals surface area contributed by atoms with E-state index in [0.717, 1.165) is 11.1 Å². The lowest BCUT2D eigenvalue weighted by Crippen LogP contribution is -2.42. The Morgan fingerprint density at radius 3 is 2.30 bits per heavy atom. The van der Waals surface area contributed by atoms with E-state index in [4.69, 9.17) is 16.3 Å². The molecule has 2 aromatic rings. The Morgan fingerprint density at radius 2 is 1.70 bits per heavy atom. The molecular formula is C18H18ClNO3. The molecule has 0 saturated heterocycles. The zero-order chi connectivity index (χ0) is 16.7. The zero-order valence-electron chi connectivity index (χ0n) is 12.8. The number of rotatable bonds is 6. The van der Waals surface area contributed by atoms with Crippen LogP contribution in [0.1, 0.15) is 18.1 Å². The number of esters is 1. The summed E-state index contributed by atoms with van der Waals surface area (Å²) in [5.74, 6) is -0.736. The lowest BCUT2D eigenvalue weighted by Gasteiger charge is -2.17. The molecule has 1 amide bonds. The third-order valence-electron chi connectivity index (χ3n) is 3.24. The van der Waals surface area contributed by atoms with Gasteiger partial charge in [0.25, 0.3) is 0 Å². The predicted octanol–water partition coefficient (Wildman–Crippen LogP) is 3.13. The standard InChI is InChI=1S/C18H18ClNO3/c1-13(21)20-17(11-14-7-9-16(19)10-8-14)18(22)23-12-15-5-3-2-4-6-15/h2-10,17H,11-12H2,1H3,(H,20,21). The van der Waals surface area contributed by atoms with Crippen molar-refractivity contribution < 1.29 is 14.3 Å². The molecule has 0 aliphatic heterocycles. The summed E-state index contributed by atoms with van der Waals surface area (Å²) < 4.78 is 5.31. The van der Waals surface area contributed by atoms with Gasteiger partial charge in [0, 0.05) is 18.4 Å². The fraction of sp³-hybridized carbons (Fsp3) is 0.222. The van der Waals surface area contributed by atoms with Crippen LogP contribution in [0.15, 0.2) is 54.6 Å². The van der Waals surface area contributed by atoms with Gasteiger partial charge in [-0.25, -0.2) is 4.79 Å². The quantitative estimate of drug-likeness (QED) is 0.827. The Hall–Kier alpha value is -2.33. The molecule has 2 rings (SSSR count). The highest BCUT2D eigenvalue weighted by Crippen LogP contribution is 2.12. The van der Waals surface area contributed by atoms with Gasteiger partial charge in [0.05, 0.1) is 0 Å². The van der Waals surface area contributed by atoms with Crippen molar-refractivity contribution in [3.63, 3.8) is 0 Å². The van der Waals surface area contributed by atoms with E-state index < -0.39 is 12.0 Å². The van der Waals surface area contributed by atoms with E-state index in [1.807, 2.05) is 42.5 Å². The minimum Gasteiger partial charge on any atom is -0.459 e. The number of hydrogen-bond donors (Lipinski definition) is 1. The molecule has 0 spiro atoms. The minimum absolute atomic E-state index is 0.177. The van der Waals surface area contributed by atoms with Crippen LogP contribution >= 0.6 is 11.6 Å². The van der Waals surface area contributed by atoms with E-state index in [-0.39, 0.29) is 12.5 Å². The molecule has 0 bridgehead atoms. The van der Waals surface area contributed by atoms with Crippen LogP contribution in [-0.4, -0.2) is 17.9 Å². The summed E-state index contributed by atoms with van der Waals surface area (Å²) in [5, 5.41) is 3.25. The van der Waals surface area contributed by atoms with Gasteiger partial charge < -0.3 is 10.1 Å². The van der Waals surface area contributed by atoms with E-state index in [9.17, 15) is 9.59 Å². The number of benzene rings is 2. The molecule has 5 heteroatoms. The van der Waals surface area contributed by atoms with Gasteiger partial charge in [-0.1, -0.05) is 54.1 Å². The van der Waals surface area contributed by atoms with Crippen molar-refractivity contribution in [3.8, 4) is 0 Å². The Kier molecular flexibility index (Phi) is 6.18. The Balaban J connectivity index is 2.00. The number of amides is 1. The lowest BCUT2D eigenvalue weighted by atomic mass is 10.1. The van der Waals surface area contributed by atoms with Crippen molar-refractivity contribution in [1.82, 2.24) is 5.32 Å². The Bertz CT molecular complexity index is 656. The van der Waals surface area contributed by atoms with Crippen molar-refractivity contribution in [2.24, 2.45) is 0 Å². The van der Waals surface area contributed by atoms with E-state index in [2.05, 4.69) is 5.32 Å². The SMILES string of the molecule is CC(=O)NC(Cc1ccc(Cl)cc1)C(=O)OCc1ccccc1. The maximum Gasteiger partial charge on any atom is 0.329 e. The molecular weight excluding hydrogens is 314 g/mol. The normalized spacial score (nSPS) is 11.6. The first-order valence-corrected chi connectivity index (χ1v) is 7.64. The van der Waals surface area contributed by atoms with Crippen LogP contribution in [0, 0.1) is 0 Å². The molecule has 0 heterocycles. The molecule has 1 atom stereocenters. The van der Waals surface area contributed by atoms with Gasteiger partial charge >= 0.3 is 5.97 Å². The largest absolute Gasteiger partial charge is 0.459 e. The second kappa shape index (κ2) is 8.34. The summed E-state index contributed by atoms with van der Waals surface area (Å²) in [6.45, 7) is 1.55. The average molecular weight is 332 g/mol. The fourth-order valence-electron chi connectivity index (χ4n) is 2.12. The van der Waals surface area contributed by atoms with E-state index in [1.54, 1.807) is 12.1 Å². The third-order valence-corrected chi connectivity index (χ3v) is 3.49. The molecule has 1 N–H and O–H groups in total. The van der Waals surface area contributed by atoms with Crippen LogP contribution < -0.4 is 5.32 Å². The molecule has 0 radical (unpaired) electrons. The summed E-state index contributed by atoms with van der Waals surface area (Å²) >= 11 is 5.85. The first-order valence-electron chi connectivity index (χ1n) is 7.26. The number of carbonyl (C=O) groups excluding carboxylic acids is 2. The van der Waals surface area contributed by atoms with Gasteiger partial charge in [-0.15, -0.1) is 0 Å². The topological polar surface area (TPSA) is 55.4 Å². The highest BCUT2D eigenvalue weighted by molar-refractivity contribution is 6.30. The summed E-state index contributed by atoms with van der Waals surface area (Å²) in [5.41, 5.74) is 1.79. The fourth-order valence-corrected chi connectivity index (χ4v) is 2.25. The average Bonchev–Trinajstić information content (AvgIpc) is 2.54. The van der Waals surface area contributed by atoms with Crippen molar-refractivity contribution in [1.29, 1.82) is 0 Å². The highest BCUT2D eigenvalue weighted by atomic mass is 35.5. The lowest BCUT2D eigenvalue weighted by molar-refractivity contribution is -0.149. The second-order valence-electron chi connectivity index (χ2n) is 5.18. The van der Waals surface area contributed by atoms with Gasteiger partial charge in [0.15, 0.2) is 0 Å². The summed E-state index contributed by atoms with van der Waals surface area (Å²) in [7, 11) is 0. The Labute approximate surface area is 140 Å². The molecule has 4 nitrogen and oxygen atoms in total. The maximum absolute atomic E-state index is 12.3. The second-order valence-corrected chi connectivity index (χ2v) is 5.61. The molecule has 1 unspecified atom stereocenters. The summed E-state index contributed by atoms with van der Waals surface area (Å²) in [6, 6.07) is 15.8. The van der Waals surface area contributed by atoms with Gasteiger partial charge in [-0.2, -0.15) is 0 Å². The molecule has 2 aromatic carbocycles. The Morgan fingerprint density at radius 1 is 1.04 bits per heavy atom. The number of nitrogens with one attached hydrogen (secondary N) is 1. The van der Waals surface area contributed by atoms with Crippen molar-refractivity contribution in [2.75, 3.05) is 0 Å². The third kappa shape index (κ3) is 5.75. The van der Waals surface area contributed by atoms with Crippen LogP contribution in [0.25, 0.3) is 0 Å². The van der Waals surface area contributed by atoms with Crippen molar-refractivity contribution >= 4 is 23.5 Å². The molecule has 0 aliphatic carbocycles. The molecule has 23 heavy (non-hydrogen) atoms. The van der Waals surface area contributed by atoms with Crippen molar-refractivity contribution in [2.45, 2.75) is 26.0 Å². The number of carbonyl (C=O) groups is 2. The monoisotopic (exact) mass is 331 g/mol. The summed E-state index contributed by atoms with van der Waals surface area (Å²) in [4.78, 5) is 23.6. The van der Waals surface area contributed by atoms with E-state index >= 15 is 0 Å². The molecule has 0 aromatic heterocycles. The van der Waals surface area contributed by atoms with Crippen LogP contribution in [0.2, 0.25) is 5.02 Å². The van der Waals surface area contributed by atoms with Gasteiger partial charge in [0.1, 0.15) is 12.6 Å². The van der Waals surface area contributed by atoms with Gasteiger partial charge in [-0.05, 0) is 23.3 Å². The number of hydrogen-bond acceptors (Lipinski definition) is 3. The van der Waals surface area contributed by atoms with Crippen LogP contribution in [0.4, 0.5) is 0 Å². The summed E-state index contributed by atoms with van der Waals surface area (Å²) in [6.07, 6.45) is 0.352. The van der Waals surface area contributed by atoms with Gasteiger partial charge in [-0.3, -0.25) is 4.79 Å².